The Hall–Kier alpha value is 0.500. The van der Waals surface area contributed by atoms with Crippen molar-refractivity contribution < 1.29 is 0 Å². The zero-order chi connectivity index (χ0) is 8.81. The maximum absolute atomic E-state index is 5.53. The molecule has 0 saturated heterocycles. The number of hydrogen-bond acceptors (Lipinski definition) is 2. The molecule has 0 unspecified atom stereocenters. The first-order chi connectivity index (χ1) is 5.86. The van der Waals surface area contributed by atoms with Gasteiger partial charge >= 0.3 is 0 Å². The monoisotopic (exact) mass is 238 g/mol. The van der Waals surface area contributed by atoms with Gasteiger partial charge in [0.05, 0.1) is 0 Å². The molecule has 0 aliphatic rings. The summed E-state index contributed by atoms with van der Waals surface area (Å²) in [5, 5.41) is 0. The highest BCUT2D eigenvalue weighted by molar-refractivity contribution is 8.20. The first-order valence-electron chi connectivity index (χ1n) is 3.41. The second kappa shape index (κ2) is 6.03. The zero-order valence-electron chi connectivity index (χ0n) is 6.30. The summed E-state index contributed by atoms with van der Waals surface area (Å²) in [5.74, 6) is 1.71. The third-order valence-electron chi connectivity index (χ3n) is 1.47. The van der Waals surface area contributed by atoms with E-state index in [0.717, 1.165) is 11.5 Å². The van der Waals surface area contributed by atoms with Gasteiger partial charge in [-0.3, -0.25) is 0 Å². The lowest BCUT2D eigenvalue weighted by Crippen LogP contribution is -1.81. The lowest BCUT2D eigenvalue weighted by molar-refractivity contribution is 1.35. The molecule has 0 fully saturated rings. The fourth-order valence-electron chi connectivity index (χ4n) is 0.858. The highest BCUT2D eigenvalue weighted by Crippen LogP contribution is 2.19. The predicted octanol–water partition coefficient (Wildman–Crippen LogP) is 4.46. The van der Waals surface area contributed by atoms with Crippen LogP contribution in [-0.2, 0) is 11.5 Å². The molecule has 0 aliphatic carbocycles. The normalized spacial score (nSPS) is 10.2. The third-order valence-corrected chi connectivity index (χ3v) is 3.00. The lowest BCUT2D eigenvalue weighted by atomic mass is 10.2. The second-order valence-corrected chi connectivity index (χ2v) is 4.65. The standard InChI is InChI=1S/C8H8Cl2S2/c9-11-5-7-1-2-8(4-3-7)6-12-10/h1-4H,5-6H2. The minimum Gasteiger partial charge on any atom is -0.0579 e. The molecule has 0 saturated carbocycles. The number of halogens is 2. The topological polar surface area (TPSA) is 0 Å². The van der Waals surface area contributed by atoms with E-state index in [4.69, 9.17) is 21.4 Å². The summed E-state index contributed by atoms with van der Waals surface area (Å²) in [7, 11) is 13.7. The molecule has 66 valence electrons. The first-order valence-corrected chi connectivity index (χ1v) is 7.04. The predicted molar refractivity (Wildman–Crippen MR) is 60.7 cm³/mol. The van der Waals surface area contributed by atoms with Crippen molar-refractivity contribution in [3.63, 3.8) is 0 Å². The summed E-state index contributed by atoms with van der Waals surface area (Å²) in [5.41, 5.74) is 2.50. The van der Waals surface area contributed by atoms with Gasteiger partial charge in [0.25, 0.3) is 0 Å². The Labute approximate surface area is 90.0 Å². The minimum atomic E-state index is 0.857. The maximum Gasteiger partial charge on any atom is 0.0336 e. The molecule has 4 heteroatoms. The van der Waals surface area contributed by atoms with Crippen molar-refractivity contribution in [2.45, 2.75) is 11.5 Å². The van der Waals surface area contributed by atoms with Gasteiger partial charge in [0.1, 0.15) is 0 Å². The van der Waals surface area contributed by atoms with Gasteiger partial charge in [-0.2, -0.15) is 0 Å². The summed E-state index contributed by atoms with van der Waals surface area (Å²) >= 11 is 0. The molecule has 12 heavy (non-hydrogen) atoms. The van der Waals surface area contributed by atoms with Crippen LogP contribution in [0.4, 0.5) is 0 Å². The van der Waals surface area contributed by atoms with Gasteiger partial charge in [-0.25, -0.2) is 0 Å². The molecule has 0 amide bonds. The van der Waals surface area contributed by atoms with Crippen LogP contribution in [0.1, 0.15) is 11.1 Å². The molecule has 1 aromatic rings. The average Bonchev–Trinajstić information content (AvgIpc) is 2.09. The van der Waals surface area contributed by atoms with Crippen LogP contribution in [0.25, 0.3) is 0 Å². The molecule has 0 aromatic heterocycles. The minimum absolute atomic E-state index is 0.857. The molecule has 1 aromatic carbocycles. The van der Waals surface area contributed by atoms with Crippen molar-refractivity contribution in [3.8, 4) is 0 Å². The molecule has 0 atom stereocenters. The fourth-order valence-corrected chi connectivity index (χ4v) is 2.25. The van der Waals surface area contributed by atoms with E-state index in [1.165, 1.54) is 33.1 Å². The van der Waals surface area contributed by atoms with E-state index in [2.05, 4.69) is 24.3 Å². The van der Waals surface area contributed by atoms with Crippen molar-refractivity contribution in [2.75, 3.05) is 0 Å². The Morgan fingerprint density at radius 1 is 0.833 bits per heavy atom. The highest BCUT2D eigenvalue weighted by Gasteiger charge is 1.94. The number of benzene rings is 1. The van der Waals surface area contributed by atoms with Crippen LogP contribution in [0.2, 0.25) is 0 Å². The van der Waals surface area contributed by atoms with Crippen LogP contribution in [0.5, 0.6) is 0 Å². The molecule has 0 spiro atoms. The third kappa shape index (κ3) is 3.48. The average molecular weight is 239 g/mol. The zero-order valence-corrected chi connectivity index (χ0v) is 9.44. The number of hydrogen-bond donors (Lipinski definition) is 0. The van der Waals surface area contributed by atoms with Gasteiger partial charge in [0, 0.05) is 11.5 Å². The Balaban J connectivity index is 2.58. The molecular formula is C8H8Cl2S2. The van der Waals surface area contributed by atoms with Crippen molar-refractivity contribution in [3.05, 3.63) is 35.4 Å². The Bertz CT molecular complexity index is 198. The van der Waals surface area contributed by atoms with Gasteiger partial charge in [-0.05, 0) is 32.5 Å². The molecule has 0 heterocycles. The van der Waals surface area contributed by atoms with E-state index in [-0.39, 0.29) is 0 Å². The van der Waals surface area contributed by atoms with E-state index < -0.39 is 0 Å². The summed E-state index contributed by atoms with van der Waals surface area (Å²) in [4.78, 5) is 0. The first kappa shape index (κ1) is 10.6. The smallest absolute Gasteiger partial charge is 0.0336 e. The van der Waals surface area contributed by atoms with Crippen LogP contribution in [-0.4, -0.2) is 0 Å². The molecule has 0 bridgehead atoms. The van der Waals surface area contributed by atoms with Crippen LogP contribution >= 0.6 is 43.3 Å². The van der Waals surface area contributed by atoms with Crippen LogP contribution in [0, 0.1) is 0 Å². The van der Waals surface area contributed by atoms with Gasteiger partial charge in [-0.15, -0.1) is 0 Å². The molecular weight excluding hydrogens is 231 g/mol. The quantitative estimate of drug-likeness (QED) is 0.760. The summed E-state index contributed by atoms with van der Waals surface area (Å²) in [6, 6.07) is 8.32. The Kier molecular flexibility index (Phi) is 5.32. The maximum atomic E-state index is 5.53. The summed E-state index contributed by atoms with van der Waals surface area (Å²) in [6.45, 7) is 0. The lowest BCUT2D eigenvalue weighted by Gasteiger charge is -1.99. The van der Waals surface area contributed by atoms with E-state index in [9.17, 15) is 0 Å². The SMILES string of the molecule is ClSCc1ccc(CSCl)cc1. The molecule has 1 rings (SSSR count). The summed E-state index contributed by atoms with van der Waals surface area (Å²) in [6.07, 6.45) is 0. The van der Waals surface area contributed by atoms with Crippen LogP contribution in [0.15, 0.2) is 24.3 Å². The van der Waals surface area contributed by atoms with E-state index in [1.54, 1.807) is 0 Å². The van der Waals surface area contributed by atoms with Gasteiger partial charge in [0.15, 0.2) is 0 Å². The fraction of sp³-hybridized carbons (Fsp3) is 0.250. The highest BCUT2D eigenvalue weighted by atomic mass is 35.7. The van der Waals surface area contributed by atoms with Gasteiger partial charge in [0.2, 0.25) is 0 Å². The Morgan fingerprint density at radius 2 is 1.17 bits per heavy atom. The van der Waals surface area contributed by atoms with Crippen LogP contribution < -0.4 is 0 Å². The van der Waals surface area contributed by atoms with Crippen molar-refractivity contribution in [1.82, 2.24) is 0 Å². The molecule has 0 radical (unpaired) electrons. The van der Waals surface area contributed by atoms with Crippen LogP contribution in [0.3, 0.4) is 0 Å². The van der Waals surface area contributed by atoms with Crippen molar-refractivity contribution in [2.24, 2.45) is 0 Å². The van der Waals surface area contributed by atoms with E-state index in [0.29, 0.717) is 0 Å². The van der Waals surface area contributed by atoms with Crippen molar-refractivity contribution >= 4 is 43.3 Å². The Morgan fingerprint density at radius 3 is 1.42 bits per heavy atom. The number of rotatable bonds is 4. The van der Waals surface area contributed by atoms with E-state index in [1.807, 2.05) is 0 Å². The van der Waals surface area contributed by atoms with Crippen molar-refractivity contribution in [1.29, 1.82) is 0 Å². The summed E-state index contributed by atoms with van der Waals surface area (Å²) < 4.78 is 0. The van der Waals surface area contributed by atoms with E-state index >= 15 is 0 Å². The molecule has 0 aliphatic heterocycles. The molecule has 0 N–H and O–H groups in total. The second-order valence-electron chi connectivity index (χ2n) is 2.32. The molecule has 0 nitrogen and oxygen atoms in total. The van der Waals surface area contributed by atoms with Gasteiger partial charge < -0.3 is 0 Å². The largest absolute Gasteiger partial charge is 0.0579 e. The van der Waals surface area contributed by atoms with Gasteiger partial charge in [-0.1, -0.05) is 46.2 Å².